The van der Waals surface area contributed by atoms with Crippen LogP contribution in [0, 0.1) is 0 Å². The quantitative estimate of drug-likeness (QED) is 0.594. The van der Waals surface area contributed by atoms with Crippen LogP contribution >= 0.6 is 0 Å². The molecule has 1 heterocycles. The Morgan fingerprint density at radius 1 is 1.00 bits per heavy atom. The zero-order valence-electron chi connectivity index (χ0n) is 13.0. The van der Waals surface area contributed by atoms with Crippen LogP contribution in [0.3, 0.4) is 0 Å². The maximum atomic E-state index is 6.03. The van der Waals surface area contributed by atoms with E-state index in [9.17, 15) is 0 Å². The summed E-state index contributed by atoms with van der Waals surface area (Å²) in [5.74, 6) is 0.707. The van der Waals surface area contributed by atoms with Crippen molar-refractivity contribution < 1.29 is 14.2 Å². The number of methoxy groups -OCH3 is 1. The molecule has 0 atom stereocenters. The Bertz CT molecular complexity index is 610. The molecule has 0 spiro atoms. The van der Waals surface area contributed by atoms with Crippen LogP contribution in [0.2, 0.25) is 0 Å². The summed E-state index contributed by atoms with van der Waals surface area (Å²) in [6.07, 6.45) is 0. The average molecular weight is 319 g/mol. The Morgan fingerprint density at radius 3 is 2.48 bits per heavy atom. The number of ether oxygens (including phenoxy) is 3. The number of anilines is 4. The van der Waals surface area contributed by atoms with Crippen LogP contribution in [0.1, 0.15) is 0 Å². The van der Waals surface area contributed by atoms with Crippen molar-refractivity contribution in [1.82, 2.24) is 9.97 Å². The zero-order chi connectivity index (χ0) is 16.5. The Balaban J connectivity index is 1.97. The van der Waals surface area contributed by atoms with Gasteiger partial charge in [-0.05, 0) is 12.1 Å². The summed E-state index contributed by atoms with van der Waals surface area (Å²) in [5.41, 5.74) is 12.9. The molecule has 2 rings (SSSR count). The van der Waals surface area contributed by atoms with Crippen molar-refractivity contribution >= 4 is 23.1 Å². The number of nitrogens with one attached hydrogen (secondary N) is 1. The predicted molar refractivity (Wildman–Crippen MR) is 88.8 cm³/mol. The lowest BCUT2D eigenvalue weighted by Gasteiger charge is -2.13. The third-order valence-electron chi connectivity index (χ3n) is 2.86. The van der Waals surface area contributed by atoms with Gasteiger partial charge in [-0.1, -0.05) is 18.2 Å². The number of hydrogen-bond acceptors (Lipinski definition) is 8. The van der Waals surface area contributed by atoms with Crippen LogP contribution in [0.15, 0.2) is 30.3 Å². The third-order valence-corrected chi connectivity index (χ3v) is 2.86. The first kappa shape index (κ1) is 16.8. The summed E-state index contributed by atoms with van der Waals surface area (Å²) >= 11 is 0. The van der Waals surface area contributed by atoms with Crippen LogP contribution in [-0.2, 0) is 9.47 Å². The van der Waals surface area contributed by atoms with Gasteiger partial charge in [0, 0.05) is 12.8 Å². The van der Waals surface area contributed by atoms with Crippen LogP contribution in [0.4, 0.5) is 23.1 Å². The molecule has 1 aromatic carbocycles. The predicted octanol–water partition coefficient (Wildman–Crippen LogP) is 1.43. The standard InChI is InChI=1S/C15H21N5O3/c1-21-7-8-22-9-10-23-14-12(16)13(19-15(17)20-14)18-11-5-3-2-4-6-11/h2-6H,7-10,16H2,1H3,(H3,17,18,19,20). The molecule has 0 aliphatic heterocycles. The van der Waals surface area contributed by atoms with Crippen molar-refractivity contribution in [1.29, 1.82) is 0 Å². The molecule has 8 heteroatoms. The number of nitrogen functional groups attached to an aromatic ring is 2. The summed E-state index contributed by atoms with van der Waals surface area (Å²) in [6.45, 7) is 1.74. The van der Waals surface area contributed by atoms with Crippen molar-refractivity contribution in [2.75, 3.05) is 50.3 Å². The third kappa shape index (κ3) is 5.28. The van der Waals surface area contributed by atoms with Gasteiger partial charge in [0.2, 0.25) is 11.8 Å². The van der Waals surface area contributed by atoms with E-state index in [-0.39, 0.29) is 11.8 Å². The molecule has 0 bridgehead atoms. The summed E-state index contributed by atoms with van der Waals surface area (Å²) in [5, 5.41) is 3.09. The molecule has 2 aromatic rings. The minimum atomic E-state index is 0.0768. The van der Waals surface area contributed by atoms with Crippen molar-refractivity contribution in [2.45, 2.75) is 0 Å². The monoisotopic (exact) mass is 319 g/mol. The van der Waals surface area contributed by atoms with Crippen LogP contribution in [-0.4, -0.2) is 43.5 Å². The summed E-state index contributed by atoms with van der Waals surface area (Å²) < 4.78 is 15.7. The van der Waals surface area contributed by atoms with E-state index >= 15 is 0 Å². The second-order valence-electron chi connectivity index (χ2n) is 4.59. The van der Waals surface area contributed by atoms with Gasteiger partial charge in [0.15, 0.2) is 5.82 Å². The van der Waals surface area contributed by atoms with E-state index in [0.717, 1.165) is 5.69 Å². The van der Waals surface area contributed by atoms with Crippen LogP contribution in [0.5, 0.6) is 5.88 Å². The largest absolute Gasteiger partial charge is 0.474 e. The first-order chi connectivity index (χ1) is 11.2. The van der Waals surface area contributed by atoms with Crippen LogP contribution < -0.4 is 21.5 Å². The number of para-hydroxylation sites is 1. The van der Waals surface area contributed by atoms with Crippen molar-refractivity contribution in [2.24, 2.45) is 0 Å². The van der Waals surface area contributed by atoms with Gasteiger partial charge in [0.25, 0.3) is 0 Å². The number of hydrogen-bond donors (Lipinski definition) is 3. The summed E-state index contributed by atoms with van der Waals surface area (Å²) in [7, 11) is 1.62. The highest BCUT2D eigenvalue weighted by Gasteiger charge is 2.12. The Hall–Kier alpha value is -2.58. The van der Waals surface area contributed by atoms with E-state index in [0.29, 0.717) is 37.9 Å². The molecule has 0 unspecified atom stereocenters. The molecule has 5 N–H and O–H groups in total. The van der Waals surface area contributed by atoms with E-state index in [1.54, 1.807) is 7.11 Å². The number of rotatable bonds is 9. The van der Waals surface area contributed by atoms with Gasteiger partial charge in [0.1, 0.15) is 12.3 Å². The molecular weight excluding hydrogens is 298 g/mol. The smallest absolute Gasteiger partial charge is 0.244 e. The number of nitrogens with zero attached hydrogens (tertiary/aromatic N) is 2. The topological polar surface area (TPSA) is 118 Å². The summed E-state index contributed by atoms with van der Waals surface area (Å²) in [6, 6.07) is 9.50. The van der Waals surface area contributed by atoms with Crippen molar-refractivity contribution in [3.05, 3.63) is 30.3 Å². The number of nitrogens with two attached hydrogens (primary N) is 2. The van der Waals surface area contributed by atoms with Crippen molar-refractivity contribution in [3.8, 4) is 5.88 Å². The fourth-order valence-electron chi connectivity index (χ4n) is 1.77. The second kappa shape index (κ2) is 8.76. The lowest BCUT2D eigenvalue weighted by atomic mass is 10.3. The van der Waals surface area contributed by atoms with Gasteiger partial charge >= 0.3 is 0 Å². The Morgan fingerprint density at radius 2 is 1.74 bits per heavy atom. The zero-order valence-corrected chi connectivity index (χ0v) is 13.0. The molecule has 0 saturated carbocycles. The minimum absolute atomic E-state index is 0.0768. The first-order valence-electron chi connectivity index (χ1n) is 7.15. The molecule has 0 fully saturated rings. The molecule has 0 aliphatic rings. The maximum absolute atomic E-state index is 6.03. The van der Waals surface area contributed by atoms with Gasteiger partial charge in [-0.25, -0.2) is 0 Å². The Labute approximate surface area is 134 Å². The van der Waals surface area contributed by atoms with Crippen molar-refractivity contribution in [3.63, 3.8) is 0 Å². The first-order valence-corrected chi connectivity index (χ1v) is 7.15. The molecule has 23 heavy (non-hydrogen) atoms. The Kier molecular flexibility index (Phi) is 6.40. The minimum Gasteiger partial charge on any atom is -0.474 e. The normalized spacial score (nSPS) is 10.5. The number of benzene rings is 1. The van der Waals surface area contributed by atoms with E-state index in [1.807, 2.05) is 30.3 Å². The second-order valence-corrected chi connectivity index (χ2v) is 4.59. The summed E-state index contributed by atoms with van der Waals surface area (Å²) in [4.78, 5) is 8.11. The molecule has 0 aliphatic carbocycles. The van der Waals surface area contributed by atoms with Gasteiger partial charge in [-0.15, -0.1) is 0 Å². The molecule has 0 amide bonds. The van der Waals surface area contributed by atoms with E-state index in [1.165, 1.54) is 0 Å². The van der Waals surface area contributed by atoms with Gasteiger partial charge in [0.05, 0.1) is 19.8 Å². The van der Waals surface area contributed by atoms with E-state index in [2.05, 4.69) is 15.3 Å². The van der Waals surface area contributed by atoms with E-state index < -0.39 is 0 Å². The lowest BCUT2D eigenvalue weighted by molar-refractivity contribution is 0.0538. The lowest BCUT2D eigenvalue weighted by Crippen LogP contribution is -2.13. The number of aromatic nitrogens is 2. The molecule has 1 aromatic heterocycles. The molecule has 0 saturated heterocycles. The molecule has 0 radical (unpaired) electrons. The van der Waals surface area contributed by atoms with Gasteiger partial charge in [-0.3, -0.25) is 0 Å². The highest BCUT2D eigenvalue weighted by Crippen LogP contribution is 2.29. The maximum Gasteiger partial charge on any atom is 0.244 e. The SMILES string of the molecule is COCCOCCOc1nc(N)nc(Nc2ccccc2)c1N. The molecule has 124 valence electrons. The highest BCUT2D eigenvalue weighted by atomic mass is 16.5. The van der Waals surface area contributed by atoms with Crippen LogP contribution in [0.25, 0.3) is 0 Å². The van der Waals surface area contributed by atoms with E-state index in [4.69, 9.17) is 25.7 Å². The fraction of sp³-hybridized carbons (Fsp3) is 0.333. The van der Waals surface area contributed by atoms with Gasteiger partial charge < -0.3 is 31.0 Å². The fourth-order valence-corrected chi connectivity index (χ4v) is 1.77. The molecule has 8 nitrogen and oxygen atoms in total. The highest BCUT2D eigenvalue weighted by molar-refractivity contribution is 5.73. The molecular formula is C15H21N5O3. The van der Waals surface area contributed by atoms with Gasteiger partial charge in [-0.2, -0.15) is 9.97 Å². The average Bonchev–Trinajstić information content (AvgIpc) is 2.55.